The van der Waals surface area contributed by atoms with Crippen molar-refractivity contribution in [2.75, 3.05) is 26.6 Å². The fraction of sp³-hybridized carbons (Fsp3) is 0.882. The monoisotopic (exact) mass is 302 g/mol. The lowest BCUT2D eigenvalue weighted by Gasteiger charge is -2.16. The van der Waals surface area contributed by atoms with E-state index in [0.29, 0.717) is 19.2 Å². The second-order valence-corrected chi connectivity index (χ2v) is 4.91. The minimum atomic E-state index is 0.226. The number of allylic oxidation sites excluding steroid dienone is 1. The van der Waals surface area contributed by atoms with Crippen molar-refractivity contribution in [3.05, 3.63) is 11.7 Å². The van der Waals surface area contributed by atoms with Crippen molar-refractivity contribution >= 4 is 0 Å². The van der Waals surface area contributed by atoms with Crippen LogP contribution in [0.3, 0.4) is 0 Å². The fourth-order valence-corrected chi connectivity index (χ4v) is 1.93. The summed E-state index contributed by atoms with van der Waals surface area (Å²) >= 11 is 0. The molecule has 0 heterocycles. The average molecular weight is 302 g/mol. The normalized spacial score (nSPS) is 12.0. The van der Waals surface area contributed by atoms with E-state index in [9.17, 15) is 0 Å². The molecular formula is C17H34O4. The second kappa shape index (κ2) is 15.5. The molecular weight excluding hydrogens is 268 g/mol. The summed E-state index contributed by atoms with van der Waals surface area (Å²) in [5.74, 6) is 1.26. The van der Waals surface area contributed by atoms with Gasteiger partial charge in [-0.1, -0.05) is 39.5 Å². The molecule has 0 aromatic carbocycles. The molecule has 0 saturated heterocycles. The van der Waals surface area contributed by atoms with E-state index in [-0.39, 0.29) is 6.79 Å². The van der Waals surface area contributed by atoms with E-state index in [1.165, 1.54) is 25.7 Å². The molecule has 4 heteroatoms. The van der Waals surface area contributed by atoms with Crippen molar-refractivity contribution in [1.29, 1.82) is 0 Å². The first-order chi connectivity index (χ1) is 10.3. The molecule has 0 N–H and O–H groups in total. The molecule has 0 amide bonds. The van der Waals surface area contributed by atoms with Crippen molar-refractivity contribution in [3.8, 4) is 0 Å². The number of ether oxygens (including phenoxy) is 4. The summed E-state index contributed by atoms with van der Waals surface area (Å²) in [6, 6.07) is 0. The number of unbranched alkanes of at least 4 members (excludes halogenated alkanes) is 4. The van der Waals surface area contributed by atoms with E-state index in [1.54, 1.807) is 0 Å². The highest BCUT2D eigenvalue weighted by Gasteiger charge is 2.10. The largest absolute Gasteiger partial charge is 0.491 e. The highest BCUT2D eigenvalue weighted by atomic mass is 16.7. The van der Waals surface area contributed by atoms with E-state index in [4.69, 9.17) is 18.9 Å². The molecule has 0 radical (unpaired) electrons. The third-order valence-electron chi connectivity index (χ3n) is 2.96. The molecule has 0 aromatic rings. The van der Waals surface area contributed by atoms with E-state index < -0.39 is 0 Å². The summed E-state index contributed by atoms with van der Waals surface area (Å²) in [5, 5.41) is 0. The van der Waals surface area contributed by atoms with Gasteiger partial charge in [0, 0.05) is 6.42 Å². The zero-order chi connectivity index (χ0) is 15.8. The Balaban J connectivity index is 3.99. The smallest absolute Gasteiger partial charge is 0.321 e. The van der Waals surface area contributed by atoms with Gasteiger partial charge in [-0.2, -0.15) is 0 Å². The predicted octanol–water partition coefficient (Wildman–Crippen LogP) is 4.99. The standard InChI is InChI=1S/C17H34O4/c1-5-9-10-11-12-14-18-15-21-17(20-8-4)16(13-6-2)19-7-3/h5-15H2,1-4H3/b17-16-. The molecule has 0 aliphatic rings. The maximum Gasteiger partial charge on any atom is 0.321 e. The predicted molar refractivity (Wildman–Crippen MR) is 85.8 cm³/mol. The second-order valence-electron chi connectivity index (χ2n) is 4.91. The zero-order valence-electron chi connectivity index (χ0n) is 14.4. The lowest BCUT2D eigenvalue weighted by molar-refractivity contribution is -0.0822. The Morgan fingerprint density at radius 1 is 0.714 bits per heavy atom. The van der Waals surface area contributed by atoms with Crippen LogP contribution in [0, 0.1) is 0 Å². The minimum Gasteiger partial charge on any atom is -0.491 e. The van der Waals surface area contributed by atoms with Crippen molar-refractivity contribution in [2.24, 2.45) is 0 Å². The van der Waals surface area contributed by atoms with Crippen LogP contribution in [0.25, 0.3) is 0 Å². The maximum absolute atomic E-state index is 5.59. The SMILES string of the molecule is CCCCCCCOCO/C(OCC)=C(/CCC)OCC. The first-order valence-corrected chi connectivity index (χ1v) is 8.49. The fourth-order valence-electron chi connectivity index (χ4n) is 1.93. The summed E-state index contributed by atoms with van der Waals surface area (Å²) < 4.78 is 22.2. The van der Waals surface area contributed by atoms with Crippen molar-refractivity contribution in [2.45, 2.75) is 72.6 Å². The van der Waals surface area contributed by atoms with E-state index in [0.717, 1.165) is 31.6 Å². The third-order valence-corrected chi connectivity index (χ3v) is 2.96. The molecule has 0 unspecified atom stereocenters. The van der Waals surface area contributed by atoms with Gasteiger partial charge in [0.05, 0.1) is 19.8 Å². The Morgan fingerprint density at radius 2 is 1.43 bits per heavy atom. The molecule has 126 valence electrons. The Morgan fingerprint density at radius 3 is 2.05 bits per heavy atom. The lowest BCUT2D eigenvalue weighted by atomic mass is 10.2. The van der Waals surface area contributed by atoms with Crippen LogP contribution >= 0.6 is 0 Å². The Kier molecular flexibility index (Phi) is 14.8. The summed E-state index contributed by atoms with van der Waals surface area (Å²) in [6.07, 6.45) is 7.99. The van der Waals surface area contributed by atoms with Crippen LogP contribution in [-0.4, -0.2) is 26.6 Å². The Hall–Kier alpha value is -0.900. The van der Waals surface area contributed by atoms with Gasteiger partial charge in [-0.05, 0) is 26.7 Å². The van der Waals surface area contributed by atoms with E-state index >= 15 is 0 Å². The van der Waals surface area contributed by atoms with Gasteiger partial charge >= 0.3 is 5.95 Å². The third kappa shape index (κ3) is 11.4. The molecule has 0 bridgehead atoms. The van der Waals surface area contributed by atoms with Gasteiger partial charge < -0.3 is 18.9 Å². The van der Waals surface area contributed by atoms with Gasteiger partial charge in [0.2, 0.25) is 0 Å². The highest BCUT2D eigenvalue weighted by molar-refractivity contribution is 4.94. The van der Waals surface area contributed by atoms with Crippen LogP contribution in [0.2, 0.25) is 0 Å². The van der Waals surface area contributed by atoms with Crippen LogP contribution < -0.4 is 0 Å². The van der Waals surface area contributed by atoms with Crippen LogP contribution in [0.4, 0.5) is 0 Å². The number of rotatable bonds is 15. The number of hydrogen-bond donors (Lipinski definition) is 0. The lowest BCUT2D eigenvalue weighted by Crippen LogP contribution is -2.09. The van der Waals surface area contributed by atoms with E-state index in [2.05, 4.69) is 13.8 Å². The molecule has 21 heavy (non-hydrogen) atoms. The van der Waals surface area contributed by atoms with Gasteiger partial charge in [-0.3, -0.25) is 0 Å². The molecule has 0 spiro atoms. The zero-order valence-corrected chi connectivity index (χ0v) is 14.4. The summed E-state index contributed by atoms with van der Waals surface area (Å²) in [7, 11) is 0. The highest BCUT2D eigenvalue weighted by Crippen LogP contribution is 2.15. The first kappa shape index (κ1) is 20.1. The molecule has 0 fully saturated rings. The molecule has 0 rings (SSSR count). The Bertz CT molecular complexity index is 243. The van der Waals surface area contributed by atoms with Crippen molar-refractivity contribution in [3.63, 3.8) is 0 Å². The van der Waals surface area contributed by atoms with Gasteiger partial charge in [0.25, 0.3) is 0 Å². The van der Waals surface area contributed by atoms with Gasteiger partial charge in [-0.25, -0.2) is 0 Å². The van der Waals surface area contributed by atoms with Crippen LogP contribution in [0.5, 0.6) is 0 Å². The molecule has 4 nitrogen and oxygen atoms in total. The van der Waals surface area contributed by atoms with Crippen LogP contribution in [-0.2, 0) is 18.9 Å². The average Bonchev–Trinajstić information content (AvgIpc) is 2.48. The van der Waals surface area contributed by atoms with Gasteiger partial charge in [-0.15, -0.1) is 0 Å². The van der Waals surface area contributed by atoms with Crippen LogP contribution in [0.15, 0.2) is 11.7 Å². The van der Waals surface area contributed by atoms with Gasteiger partial charge in [0.1, 0.15) is 0 Å². The number of hydrogen-bond acceptors (Lipinski definition) is 4. The topological polar surface area (TPSA) is 36.9 Å². The molecule has 0 aliphatic carbocycles. The quantitative estimate of drug-likeness (QED) is 0.242. The maximum atomic E-state index is 5.59. The van der Waals surface area contributed by atoms with Crippen molar-refractivity contribution < 1.29 is 18.9 Å². The van der Waals surface area contributed by atoms with Crippen molar-refractivity contribution in [1.82, 2.24) is 0 Å². The van der Waals surface area contributed by atoms with Crippen LogP contribution in [0.1, 0.15) is 72.6 Å². The molecule has 0 aliphatic heterocycles. The minimum absolute atomic E-state index is 0.226. The Labute approximate surface area is 130 Å². The summed E-state index contributed by atoms with van der Waals surface area (Å²) in [5.41, 5.74) is 0. The summed E-state index contributed by atoms with van der Waals surface area (Å²) in [6.45, 7) is 10.4. The molecule has 0 atom stereocenters. The first-order valence-electron chi connectivity index (χ1n) is 8.49. The van der Waals surface area contributed by atoms with Gasteiger partial charge in [0.15, 0.2) is 12.6 Å². The molecule has 0 saturated carbocycles. The summed E-state index contributed by atoms with van der Waals surface area (Å²) in [4.78, 5) is 0. The van der Waals surface area contributed by atoms with E-state index in [1.807, 2.05) is 13.8 Å². The molecule has 0 aromatic heterocycles.